The maximum Gasteiger partial charge on any atom is 0.232 e. The third-order valence-electron chi connectivity index (χ3n) is 3.95. The molecule has 0 aliphatic carbocycles. The van der Waals surface area contributed by atoms with Gasteiger partial charge in [0.15, 0.2) is 10.9 Å². The Labute approximate surface area is 161 Å². The molecule has 2 heterocycles. The zero-order chi connectivity index (χ0) is 19.1. The van der Waals surface area contributed by atoms with Gasteiger partial charge in [-0.25, -0.2) is 0 Å². The summed E-state index contributed by atoms with van der Waals surface area (Å²) in [6.45, 7) is 0.995. The molecule has 3 aromatic rings. The normalized spacial score (nSPS) is 10.5. The zero-order valence-corrected chi connectivity index (χ0v) is 15.7. The highest BCUT2D eigenvalue weighted by Crippen LogP contribution is 2.25. The van der Waals surface area contributed by atoms with Gasteiger partial charge in [0.1, 0.15) is 0 Å². The molecule has 2 aromatic heterocycles. The summed E-state index contributed by atoms with van der Waals surface area (Å²) in [6.07, 6.45) is 1.91. The molecule has 0 aliphatic rings. The first-order chi connectivity index (χ1) is 13.2. The number of aromatic nitrogens is 3. The Bertz CT molecular complexity index is 915. The van der Waals surface area contributed by atoms with E-state index in [1.54, 1.807) is 24.3 Å². The number of benzene rings is 1. The topological polar surface area (TPSA) is 87.9 Å². The Morgan fingerprint density at radius 2 is 2.07 bits per heavy atom. The standard InChI is InChI=1S/C19H19N5O2S/c1-23(11-6-10-20)17(25)14-27-19-22-21-18(16-9-5-12-26-16)24(19)13-15-7-3-2-4-8-15/h2-5,7-9,12H,6,11,13-14H2,1H3. The van der Waals surface area contributed by atoms with E-state index in [-0.39, 0.29) is 11.7 Å². The Morgan fingerprint density at radius 3 is 2.78 bits per heavy atom. The number of furan rings is 1. The van der Waals surface area contributed by atoms with E-state index in [1.165, 1.54) is 11.8 Å². The van der Waals surface area contributed by atoms with Gasteiger partial charge in [0.25, 0.3) is 0 Å². The lowest BCUT2D eigenvalue weighted by molar-refractivity contribution is -0.127. The maximum atomic E-state index is 12.2. The van der Waals surface area contributed by atoms with Gasteiger partial charge in [-0.15, -0.1) is 10.2 Å². The van der Waals surface area contributed by atoms with E-state index >= 15 is 0 Å². The summed E-state index contributed by atoms with van der Waals surface area (Å²) in [7, 11) is 1.70. The maximum absolute atomic E-state index is 12.2. The number of nitriles is 1. The van der Waals surface area contributed by atoms with Crippen LogP contribution in [0.15, 0.2) is 58.3 Å². The second kappa shape index (κ2) is 9.05. The van der Waals surface area contributed by atoms with Crippen LogP contribution in [0.2, 0.25) is 0 Å². The molecule has 0 saturated heterocycles. The molecule has 8 heteroatoms. The van der Waals surface area contributed by atoms with Crippen LogP contribution in [0.4, 0.5) is 0 Å². The van der Waals surface area contributed by atoms with Gasteiger partial charge in [0.05, 0.1) is 31.1 Å². The molecule has 0 N–H and O–H groups in total. The predicted molar refractivity (Wildman–Crippen MR) is 102 cm³/mol. The molecule has 27 heavy (non-hydrogen) atoms. The van der Waals surface area contributed by atoms with Crippen LogP contribution in [0.1, 0.15) is 12.0 Å². The van der Waals surface area contributed by atoms with Crippen LogP contribution in [-0.4, -0.2) is 44.9 Å². The summed E-state index contributed by atoms with van der Waals surface area (Å²) in [4.78, 5) is 13.8. The van der Waals surface area contributed by atoms with Crippen LogP contribution >= 0.6 is 11.8 Å². The van der Waals surface area contributed by atoms with E-state index in [1.807, 2.05) is 47.0 Å². The Kier molecular flexibility index (Phi) is 6.28. The summed E-state index contributed by atoms with van der Waals surface area (Å²) in [5.74, 6) is 1.43. The molecular weight excluding hydrogens is 362 g/mol. The molecule has 7 nitrogen and oxygen atoms in total. The van der Waals surface area contributed by atoms with Crippen molar-refractivity contribution >= 4 is 17.7 Å². The van der Waals surface area contributed by atoms with Crippen molar-refractivity contribution < 1.29 is 9.21 Å². The number of carbonyl (C=O) groups is 1. The van der Waals surface area contributed by atoms with Gasteiger partial charge in [-0.2, -0.15) is 5.26 Å². The van der Waals surface area contributed by atoms with Crippen LogP contribution in [0.25, 0.3) is 11.6 Å². The van der Waals surface area contributed by atoms with E-state index < -0.39 is 0 Å². The minimum Gasteiger partial charge on any atom is -0.461 e. The van der Waals surface area contributed by atoms with Crippen LogP contribution in [0.5, 0.6) is 0 Å². The van der Waals surface area contributed by atoms with Gasteiger partial charge in [0, 0.05) is 13.6 Å². The minimum atomic E-state index is -0.0518. The van der Waals surface area contributed by atoms with Crippen LogP contribution < -0.4 is 0 Å². The van der Waals surface area contributed by atoms with Crippen molar-refractivity contribution in [1.29, 1.82) is 5.26 Å². The number of nitrogens with zero attached hydrogens (tertiary/aromatic N) is 5. The third-order valence-corrected chi connectivity index (χ3v) is 4.90. The lowest BCUT2D eigenvalue weighted by atomic mass is 10.2. The summed E-state index contributed by atoms with van der Waals surface area (Å²) in [6, 6.07) is 15.7. The fourth-order valence-corrected chi connectivity index (χ4v) is 3.35. The number of hydrogen-bond donors (Lipinski definition) is 0. The number of carbonyl (C=O) groups excluding carboxylic acids is 1. The molecule has 0 radical (unpaired) electrons. The average molecular weight is 381 g/mol. The summed E-state index contributed by atoms with van der Waals surface area (Å²) in [5.41, 5.74) is 1.10. The predicted octanol–water partition coefficient (Wildman–Crippen LogP) is 3.05. The molecule has 1 aromatic carbocycles. The van der Waals surface area contributed by atoms with Gasteiger partial charge in [0.2, 0.25) is 11.7 Å². The zero-order valence-electron chi connectivity index (χ0n) is 14.9. The first kappa shape index (κ1) is 18.7. The number of amides is 1. The largest absolute Gasteiger partial charge is 0.461 e. The fourth-order valence-electron chi connectivity index (χ4n) is 2.47. The van der Waals surface area contributed by atoms with E-state index in [0.29, 0.717) is 36.3 Å². The molecule has 1 amide bonds. The molecule has 138 valence electrons. The van der Waals surface area contributed by atoms with Crippen molar-refractivity contribution in [3.05, 3.63) is 54.3 Å². The molecule has 0 bridgehead atoms. The smallest absolute Gasteiger partial charge is 0.232 e. The van der Waals surface area contributed by atoms with Crippen molar-refractivity contribution in [3.63, 3.8) is 0 Å². The molecular formula is C19H19N5O2S. The minimum absolute atomic E-state index is 0.0518. The van der Waals surface area contributed by atoms with Crippen molar-refractivity contribution in [2.45, 2.75) is 18.1 Å². The number of thioether (sulfide) groups is 1. The third kappa shape index (κ3) is 4.77. The molecule has 0 spiro atoms. The Morgan fingerprint density at radius 1 is 1.26 bits per heavy atom. The van der Waals surface area contributed by atoms with Gasteiger partial charge >= 0.3 is 0 Å². The first-order valence-corrected chi connectivity index (χ1v) is 9.42. The van der Waals surface area contributed by atoms with E-state index in [2.05, 4.69) is 10.2 Å². The van der Waals surface area contributed by atoms with E-state index in [0.717, 1.165) is 5.56 Å². The average Bonchev–Trinajstić information content (AvgIpc) is 3.35. The Hall–Kier alpha value is -3.05. The van der Waals surface area contributed by atoms with Gasteiger partial charge in [-0.3, -0.25) is 9.36 Å². The van der Waals surface area contributed by atoms with Gasteiger partial charge in [-0.05, 0) is 17.7 Å². The number of hydrogen-bond acceptors (Lipinski definition) is 6. The molecule has 0 fully saturated rings. The van der Waals surface area contributed by atoms with E-state index in [9.17, 15) is 4.79 Å². The fraction of sp³-hybridized carbons (Fsp3) is 0.263. The molecule has 3 rings (SSSR count). The summed E-state index contributed by atoms with van der Waals surface area (Å²) < 4.78 is 7.43. The first-order valence-electron chi connectivity index (χ1n) is 8.43. The van der Waals surface area contributed by atoms with Crippen molar-refractivity contribution in [1.82, 2.24) is 19.7 Å². The number of rotatable bonds is 8. The quantitative estimate of drug-likeness (QED) is 0.557. The summed E-state index contributed by atoms with van der Waals surface area (Å²) >= 11 is 1.33. The van der Waals surface area contributed by atoms with Gasteiger partial charge in [-0.1, -0.05) is 42.1 Å². The lowest BCUT2D eigenvalue weighted by Crippen LogP contribution is -2.29. The lowest BCUT2D eigenvalue weighted by Gasteiger charge is -2.15. The van der Waals surface area contributed by atoms with Crippen LogP contribution in [0.3, 0.4) is 0 Å². The van der Waals surface area contributed by atoms with Crippen molar-refractivity contribution in [3.8, 4) is 17.7 Å². The van der Waals surface area contributed by atoms with Crippen LogP contribution in [0, 0.1) is 11.3 Å². The Balaban J connectivity index is 1.78. The molecule has 0 unspecified atom stereocenters. The van der Waals surface area contributed by atoms with Gasteiger partial charge < -0.3 is 9.32 Å². The SMILES string of the molecule is CN(CCC#N)C(=O)CSc1nnc(-c2ccco2)n1Cc1ccccc1. The highest BCUT2D eigenvalue weighted by Gasteiger charge is 2.18. The van der Waals surface area contributed by atoms with Crippen molar-refractivity contribution in [2.75, 3.05) is 19.3 Å². The second-order valence-corrected chi connectivity index (χ2v) is 6.81. The molecule has 0 aliphatic heterocycles. The summed E-state index contributed by atoms with van der Waals surface area (Å²) in [5, 5.41) is 17.8. The second-order valence-electron chi connectivity index (χ2n) is 5.87. The monoisotopic (exact) mass is 381 g/mol. The van der Waals surface area contributed by atoms with Crippen molar-refractivity contribution in [2.24, 2.45) is 0 Å². The highest BCUT2D eigenvalue weighted by molar-refractivity contribution is 7.99. The van der Waals surface area contributed by atoms with Crippen LogP contribution in [-0.2, 0) is 11.3 Å². The highest BCUT2D eigenvalue weighted by atomic mass is 32.2. The molecule has 0 saturated carbocycles. The van der Waals surface area contributed by atoms with E-state index in [4.69, 9.17) is 9.68 Å². The molecule has 0 atom stereocenters.